The van der Waals surface area contributed by atoms with Crippen LogP contribution in [0, 0.1) is 27.3 Å². The van der Waals surface area contributed by atoms with E-state index >= 15 is 0 Å². The van der Waals surface area contributed by atoms with E-state index in [4.69, 9.17) is 5.26 Å². The summed E-state index contributed by atoms with van der Waals surface area (Å²) in [7, 11) is 0. The molecule has 1 unspecified atom stereocenters. The van der Waals surface area contributed by atoms with Gasteiger partial charge in [0.2, 0.25) is 11.7 Å². The molecule has 0 bridgehead atoms. The van der Waals surface area contributed by atoms with Crippen LogP contribution in [0.1, 0.15) is 19.3 Å². The predicted molar refractivity (Wildman–Crippen MR) is 106 cm³/mol. The van der Waals surface area contributed by atoms with Crippen LogP contribution in [0.4, 0.5) is 15.9 Å². The van der Waals surface area contributed by atoms with Crippen LogP contribution >= 0.6 is 0 Å². The zero-order chi connectivity index (χ0) is 22.0. The third-order valence-corrected chi connectivity index (χ3v) is 5.01. The van der Waals surface area contributed by atoms with Crippen molar-refractivity contribution in [3.05, 3.63) is 46.7 Å². The summed E-state index contributed by atoms with van der Waals surface area (Å²) in [6, 6.07) is 4.33. The lowest BCUT2D eigenvalue weighted by Gasteiger charge is -2.33. The minimum Gasteiger partial charge on any atom is -0.360 e. The van der Waals surface area contributed by atoms with E-state index < -0.39 is 10.7 Å². The molecule has 1 saturated heterocycles. The molecule has 1 fully saturated rings. The third kappa shape index (κ3) is 4.11. The number of piperidine rings is 1. The van der Waals surface area contributed by atoms with Crippen LogP contribution in [-0.4, -0.2) is 54.2 Å². The van der Waals surface area contributed by atoms with Crippen molar-refractivity contribution in [2.75, 3.05) is 18.4 Å². The van der Waals surface area contributed by atoms with E-state index in [9.17, 15) is 19.3 Å². The van der Waals surface area contributed by atoms with Gasteiger partial charge in [0, 0.05) is 25.3 Å². The highest BCUT2D eigenvalue weighted by atomic mass is 19.1. The lowest BCUT2D eigenvalue weighted by Crippen LogP contribution is -2.45. The van der Waals surface area contributed by atoms with Gasteiger partial charge in [-0.1, -0.05) is 0 Å². The lowest BCUT2D eigenvalue weighted by molar-refractivity contribution is -0.384. The number of aromatic nitrogens is 4. The molecule has 4 rings (SSSR count). The number of pyridine rings is 1. The number of fused-ring (bicyclic) bond motifs is 1. The smallest absolute Gasteiger partial charge is 0.329 e. The van der Waals surface area contributed by atoms with Crippen LogP contribution in [0.3, 0.4) is 0 Å². The molecule has 11 nitrogen and oxygen atoms in total. The fourth-order valence-electron chi connectivity index (χ4n) is 3.55. The summed E-state index contributed by atoms with van der Waals surface area (Å²) in [6.45, 7) is 0.834. The van der Waals surface area contributed by atoms with Gasteiger partial charge in [-0.05, 0) is 25.0 Å². The quantitative estimate of drug-likeness (QED) is 0.485. The number of hydrogen-bond donors (Lipinski definition) is 1. The Morgan fingerprint density at radius 1 is 1.39 bits per heavy atom. The Morgan fingerprint density at radius 2 is 2.23 bits per heavy atom. The molecule has 1 aliphatic rings. The highest BCUT2D eigenvalue weighted by molar-refractivity contribution is 5.78. The molecule has 1 aliphatic heterocycles. The molecule has 0 radical (unpaired) electrons. The van der Waals surface area contributed by atoms with Crippen molar-refractivity contribution < 1.29 is 14.1 Å². The number of nitro groups is 1. The monoisotopic (exact) mass is 424 g/mol. The van der Waals surface area contributed by atoms with E-state index in [1.54, 1.807) is 4.90 Å². The minimum atomic E-state index is -0.596. The van der Waals surface area contributed by atoms with Crippen LogP contribution in [0.2, 0.25) is 0 Å². The maximum absolute atomic E-state index is 13.7. The maximum Gasteiger partial charge on any atom is 0.329 e. The SMILES string of the molecule is N#CCC(=O)N1CCCC(Nc2nc(-c3cnc4ccc(F)cn34)ncc2[N+](=O)[O-])C1. The fourth-order valence-corrected chi connectivity index (χ4v) is 3.55. The van der Waals surface area contributed by atoms with E-state index in [0.717, 1.165) is 6.20 Å². The number of amides is 1. The Kier molecular flexibility index (Phi) is 5.40. The average Bonchev–Trinajstić information content (AvgIpc) is 3.17. The van der Waals surface area contributed by atoms with Crippen LogP contribution in [0.5, 0.6) is 0 Å². The van der Waals surface area contributed by atoms with Crippen LogP contribution in [0.15, 0.2) is 30.7 Å². The van der Waals surface area contributed by atoms with Crippen LogP contribution in [0.25, 0.3) is 17.2 Å². The third-order valence-electron chi connectivity index (χ3n) is 5.01. The number of likely N-dealkylation sites (tertiary alicyclic amines) is 1. The molecule has 0 spiro atoms. The number of nitrogens with zero attached hydrogens (tertiary/aromatic N) is 7. The number of nitriles is 1. The van der Waals surface area contributed by atoms with Crippen molar-refractivity contribution in [2.45, 2.75) is 25.3 Å². The molecule has 0 aromatic carbocycles. The largest absolute Gasteiger partial charge is 0.360 e. The summed E-state index contributed by atoms with van der Waals surface area (Å²) in [6.07, 6.45) is 4.93. The number of imidazole rings is 1. The molecule has 31 heavy (non-hydrogen) atoms. The molecule has 4 heterocycles. The second-order valence-corrected chi connectivity index (χ2v) is 7.06. The molecule has 1 N–H and O–H groups in total. The Bertz CT molecular complexity index is 1200. The number of carbonyl (C=O) groups is 1. The van der Waals surface area contributed by atoms with Gasteiger partial charge in [-0.15, -0.1) is 0 Å². The first kappa shape index (κ1) is 20.1. The molecule has 0 saturated carbocycles. The highest BCUT2D eigenvalue weighted by Gasteiger charge is 2.27. The van der Waals surface area contributed by atoms with Crippen LogP contribution in [-0.2, 0) is 4.79 Å². The molecule has 0 aliphatic carbocycles. The number of rotatable bonds is 5. The molecular formula is C19H17FN8O3. The van der Waals surface area contributed by atoms with Gasteiger partial charge in [-0.25, -0.2) is 19.3 Å². The summed E-state index contributed by atoms with van der Waals surface area (Å²) < 4.78 is 15.1. The summed E-state index contributed by atoms with van der Waals surface area (Å²) in [5.74, 6) is -0.615. The number of halogens is 1. The van der Waals surface area contributed by atoms with Crippen molar-refractivity contribution in [1.82, 2.24) is 24.3 Å². The Hall–Kier alpha value is -4.14. The molecule has 3 aromatic rings. The second-order valence-electron chi connectivity index (χ2n) is 7.06. The van der Waals surface area contributed by atoms with E-state index in [2.05, 4.69) is 20.3 Å². The standard InChI is InChI=1S/C19H17FN8O3/c20-12-3-4-16-22-8-14(27(16)10-12)18-23-9-15(28(30)31)19(25-18)24-13-2-1-7-26(11-13)17(29)5-6-21/h3-4,8-10,13H,1-2,5,7,11H2,(H,23,24,25). The molecule has 1 atom stereocenters. The van der Waals surface area contributed by atoms with E-state index in [1.165, 1.54) is 28.9 Å². The van der Waals surface area contributed by atoms with Gasteiger partial charge in [0.25, 0.3) is 0 Å². The lowest BCUT2D eigenvalue weighted by atomic mass is 10.1. The molecule has 3 aromatic heterocycles. The molecule has 12 heteroatoms. The van der Waals surface area contributed by atoms with Gasteiger partial charge in [-0.3, -0.25) is 19.3 Å². The fraction of sp³-hybridized carbons (Fsp3) is 0.316. The maximum atomic E-state index is 13.7. The normalized spacial score (nSPS) is 16.1. The first-order chi connectivity index (χ1) is 15.0. The van der Waals surface area contributed by atoms with Crippen molar-refractivity contribution in [3.63, 3.8) is 0 Å². The Balaban J connectivity index is 1.65. The van der Waals surface area contributed by atoms with E-state index in [1.807, 2.05) is 6.07 Å². The number of carbonyl (C=O) groups excluding carboxylic acids is 1. The van der Waals surface area contributed by atoms with Crippen LogP contribution < -0.4 is 5.32 Å². The zero-order valence-corrected chi connectivity index (χ0v) is 16.2. The molecule has 1 amide bonds. The van der Waals surface area contributed by atoms with Crippen molar-refractivity contribution >= 4 is 23.1 Å². The van der Waals surface area contributed by atoms with Gasteiger partial charge in [-0.2, -0.15) is 5.26 Å². The Morgan fingerprint density at radius 3 is 3.00 bits per heavy atom. The second kappa shape index (κ2) is 8.31. The van der Waals surface area contributed by atoms with E-state index in [-0.39, 0.29) is 35.7 Å². The minimum absolute atomic E-state index is 0.000866. The van der Waals surface area contributed by atoms with Crippen molar-refractivity contribution in [3.8, 4) is 17.6 Å². The first-order valence-corrected chi connectivity index (χ1v) is 9.52. The number of nitrogens with one attached hydrogen (secondary N) is 1. The number of anilines is 1. The predicted octanol–water partition coefficient (Wildman–Crippen LogP) is 2.16. The first-order valence-electron chi connectivity index (χ1n) is 9.52. The Labute approximate surface area is 175 Å². The topological polar surface area (TPSA) is 142 Å². The van der Waals surface area contributed by atoms with E-state index in [0.29, 0.717) is 37.3 Å². The summed E-state index contributed by atoms with van der Waals surface area (Å²) in [5, 5.41) is 23.3. The van der Waals surface area contributed by atoms with Gasteiger partial charge in [0.05, 0.1) is 17.2 Å². The molecule has 158 valence electrons. The summed E-state index contributed by atoms with van der Waals surface area (Å²) in [5.41, 5.74) is 0.540. The van der Waals surface area contributed by atoms with Gasteiger partial charge in [0.15, 0.2) is 5.82 Å². The van der Waals surface area contributed by atoms with Gasteiger partial charge >= 0.3 is 5.69 Å². The summed E-state index contributed by atoms with van der Waals surface area (Å²) in [4.78, 5) is 37.1. The van der Waals surface area contributed by atoms with Gasteiger partial charge < -0.3 is 10.2 Å². The summed E-state index contributed by atoms with van der Waals surface area (Å²) >= 11 is 0. The highest BCUT2D eigenvalue weighted by Crippen LogP contribution is 2.27. The van der Waals surface area contributed by atoms with Gasteiger partial charge in [0.1, 0.15) is 29.8 Å². The van der Waals surface area contributed by atoms with Crippen molar-refractivity contribution in [2.24, 2.45) is 0 Å². The average molecular weight is 424 g/mol. The molecular weight excluding hydrogens is 407 g/mol. The number of hydrogen-bond acceptors (Lipinski definition) is 8. The zero-order valence-electron chi connectivity index (χ0n) is 16.2. The van der Waals surface area contributed by atoms with Crippen molar-refractivity contribution in [1.29, 1.82) is 5.26 Å².